The Morgan fingerprint density at radius 3 is 2.75 bits per heavy atom. The molecule has 0 amide bonds. The van der Waals surface area contributed by atoms with Gasteiger partial charge < -0.3 is 10.1 Å². The van der Waals surface area contributed by atoms with Crippen LogP contribution in [0.4, 0.5) is 4.39 Å². The van der Waals surface area contributed by atoms with Gasteiger partial charge in [0.25, 0.3) is 0 Å². The number of hydrogen-bond acceptors (Lipinski definition) is 2. The summed E-state index contributed by atoms with van der Waals surface area (Å²) < 4.78 is 20.2. The maximum absolute atomic E-state index is 13.6. The molecule has 5 heteroatoms. The van der Waals surface area contributed by atoms with Crippen LogP contribution in [0.15, 0.2) is 40.9 Å². The predicted molar refractivity (Wildman–Crippen MR) is 82.6 cm³/mol. The second-order valence-electron chi connectivity index (χ2n) is 4.31. The van der Waals surface area contributed by atoms with Crippen LogP contribution in [-0.4, -0.2) is 7.05 Å². The fraction of sp³-hybridized carbons (Fsp3) is 0.200. The van der Waals surface area contributed by atoms with Crippen LogP contribution in [0.2, 0.25) is 5.02 Å². The number of ether oxygens (including phenoxy) is 1. The van der Waals surface area contributed by atoms with E-state index in [9.17, 15) is 4.39 Å². The molecule has 0 radical (unpaired) electrons. The third-order valence-electron chi connectivity index (χ3n) is 2.79. The zero-order valence-electron chi connectivity index (χ0n) is 10.9. The van der Waals surface area contributed by atoms with Gasteiger partial charge in [-0.3, -0.25) is 0 Å². The Labute approximate surface area is 131 Å². The van der Waals surface area contributed by atoms with E-state index in [2.05, 4.69) is 21.2 Å². The quantitative estimate of drug-likeness (QED) is 0.847. The standard InChI is InChI=1S/C15H14BrClFNO/c1-19-8-10-7-13(3-4-14(10)16)20-9-11-6-12(17)2-5-15(11)18/h2-7,19H,8-9H2,1H3. The first kappa shape index (κ1) is 15.3. The van der Waals surface area contributed by atoms with Gasteiger partial charge in [-0.05, 0) is 49.0 Å². The second kappa shape index (κ2) is 7.07. The molecule has 0 atom stereocenters. The predicted octanol–water partition coefficient (Wildman–Crippen LogP) is 4.54. The molecule has 0 aliphatic rings. The maximum Gasteiger partial charge on any atom is 0.129 e. The first-order valence-electron chi connectivity index (χ1n) is 6.10. The fourth-order valence-corrected chi connectivity index (χ4v) is 2.36. The lowest BCUT2D eigenvalue weighted by Gasteiger charge is -2.10. The molecule has 0 saturated carbocycles. The number of hydrogen-bond donors (Lipinski definition) is 1. The van der Waals surface area contributed by atoms with Gasteiger partial charge in [0.05, 0.1) is 0 Å². The van der Waals surface area contributed by atoms with Crippen LogP contribution in [-0.2, 0) is 13.2 Å². The lowest BCUT2D eigenvalue weighted by atomic mass is 10.2. The highest BCUT2D eigenvalue weighted by molar-refractivity contribution is 9.10. The highest BCUT2D eigenvalue weighted by atomic mass is 79.9. The van der Waals surface area contributed by atoms with Gasteiger partial charge in [-0.2, -0.15) is 0 Å². The van der Waals surface area contributed by atoms with Gasteiger partial charge in [0.15, 0.2) is 0 Å². The normalized spacial score (nSPS) is 10.6. The van der Waals surface area contributed by atoms with Gasteiger partial charge in [-0.15, -0.1) is 0 Å². The molecule has 0 bridgehead atoms. The Kier molecular flexibility index (Phi) is 5.40. The average molecular weight is 359 g/mol. The van der Waals surface area contributed by atoms with Crippen molar-refractivity contribution >= 4 is 27.5 Å². The number of rotatable bonds is 5. The molecular formula is C15H14BrClFNO. The summed E-state index contributed by atoms with van der Waals surface area (Å²) in [7, 11) is 1.88. The highest BCUT2D eigenvalue weighted by Crippen LogP contribution is 2.24. The van der Waals surface area contributed by atoms with Crippen LogP contribution in [0.25, 0.3) is 0 Å². The van der Waals surface area contributed by atoms with Crippen molar-refractivity contribution in [2.24, 2.45) is 0 Å². The van der Waals surface area contributed by atoms with Crippen molar-refractivity contribution in [3.63, 3.8) is 0 Å². The molecule has 0 aromatic heterocycles. The topological polar surface area (TPSA) is 21.3 Å². The Hall–Kier alpha value is -1.10. The summed E-state index contributed by atoms with van der Waals surface area (Å²) in [4.78, 5) is 0. The molecule has 0 spiro atoms. The molecule has 0 heterocycles. The Bertz CT molecular complexity index is 606. The molecular weight excluding hydrogens is 345 g/mol. The Morgan fingerprint density at radius 1 is 1.20 bits per heavy atom. The van der Waals surface area contributed by atoms with E-state index in [1.165, 1.54) is 12.1 Å². The molecule has 20 heavy (non-hydrogen) atoms. The van der Waals surface area contributed by atoms with E-state index < -0.39 is 0 Å². The van der Waals surface area contributed by atoms with E-state index in [1.807, 2.05) is 25.2 Å². The maximum atomic E-state index is 13.6. The Morgan fingerprint density at radius 2 is 2.00 bits per heavy atom. The van der Waals surface area contributed by atoms with Gasteiger partial charge >= 0.3 is 0 Å². The zero-order valence-corrected chi connectivity index (χ0v) is 13.3. The summed E-state index contributed by atoms with van der Waals surface area (Å²) in [5.74, 6) is 0.375. The van der Waals surface area contributed by atoms with Crippen molar-refractivity contribution in [2.75, 3.05) is 7.05 Å². The van der Waals surface area contributed by atoms with Gasteiger partial charge in [-0.25, -0.2) is 4.39 Å². The minimum absolute atomic E-state index is 0.146. The van der Waals surface area contributed by atoms with E-state index in [-0.39, 0.29) is 12.4 Å². The second-order valence-corrected chi connectivity index (χ2v) is 5.60. The first-order valence-corrected chi connectivity index (χ1v) is 7.27. The third-order valence-corrected chi connectivity index (χ3v) is 3.80. The molecule has 2 aromatic rings. The van der Waals surface area contributed by atoms with E-state index >= 15 is 0 Å². The van der Waals surface area contributed by atoms with Gasteiger partial charge in [0, 0.05) is 21.6 Å². The summed E-state index contributed by atoms with van der Waals surface area (Å²) in [6, 6.07) is 10.1. The van der Waals surface area contributed by atoms with Crippen LogP contribution in [0, 0.1) is 5.82 Å². The van der Waals surface area contributed by atoms with Gasteiger partial charge in [0.2, 0.25) is 0 Å². The van der Waals surface area contributed by atoms with Crippen molar-refractivity contribution in [2.45, 2.75) is 13.2 Å². The van der Waals surface area contributed by atoms with Crippen LogP contribution in [0.5, 0.6) is 5.75 Å². The van der Waals surface area contributed by atoms with Crippen LogP contribution in [0.1, 0.15) is 11.1 Å². The number of halogens is 3. The summed E-state index contributed by atoms with van der Waals surface area (Å²) in [5.41, 5.74) is 1.52. The Balaban J connectivity index is 2.10. The van der Waals surface area contributed by atoms with Crippen molar-refractivity contribution in [3.05, 3.63) is 62.8 Å². The summed E-state index contributed by atoms with van der Waals surface area (Å²) in [6.07, 6.45) is 0. The number of benzene rings is 2. The van der Waals surface area contributed by atoms with Crippen LogP contribution < -0.4 is 10.1 Å². The summed E-state index contributed by atoms with van der Waals surface area (Å²) in [5, 5.41) is 3.58. The van der Waals surface area contributed by atoms with Crippen LogP contribution >= 0.6 is 27.5 Å². The molecule has 2 rings (SSSR count). The largest absolute Gasteiger partial charge is 0.489 e. The molecule has 2 aromatic carbocycles. The lowest BCUT2D eigenvalue weighted by Crippen LogP contribution is -2.06. The average Bonchev–Trinajstić information content (AvgIpc) is 2.43. The van der Waals surface area contributed by atoms with Crippen molar-refractivity contribution in [3.8, 4) is 5.75 Å². The van der Waals surface area contributed by atoms with E-state index in [0.29, 0.717) is 16.3 Å². The summed E-state index contributed by atoms with van der Waals surface area (Å²) in [6.45, 7) is 0.871. The summed E-state index contributed by atoms with van der Waals surface area (Å²) >= 11 is 9.32. The molecule has 0 aliphatic heterocycles. The van der Waals surface area contributed by atoms with E-state index in [1.54, 1.807) is 6.07 Å². The van der Waals surface area contributed by atoms with Gasteiger partial charge in [-0.1, -0.05) is 27.5 Å². The van der Waals surface area contributed by atoms with Crippen molar-refractivity contribution < 1.29 is 9.13 Å². The monoisotopic (exact) mass is 357 g/mol. The van der Waals surface area contributed by atoms with E-state index in [0.717, 1.165) is 16.6 Å². The SMILES string of the molecule is CNCc1cc(OCc2cc(Cl)ccc2F)ccc1Br. The third kappa shape index (κ3) is 3.95. The molecule has 0 saturated heterocycles. The minimum Gasteiger partial charge on any atom is -0.489 e. The van der Waals surface area contributed by atoms with Crippen molar-refractivity contribution in [1.82, 2.24) is 5.32 Å². The van der Waals surface area contributed by atoms with Crippen molar-refractivity contribution in [1.29, 1.82) is 0 Å². The fourth-order valence-electron chi connectivity index (χ4n) is 1.78. The highest BCUT2D eigenvalue weighted by Gasteiger charge is 2.06. The minimum atomic E-state index is -0.318. The van der Waals surface area contributed by atoms with Gasteiger partial charge in [0.1, 0.15) is 18.2 Å². The smallest absolute Gasteiger partial charge is 0.129 e. The zero-order chi connectivity index (χ0) is 14.5. The first-order chi connectivity index (χ1) is 9.60. The molecule has 1 N–H and O–H groups in total. The molecule has 2 nitrogen and oxygen atoms in total. The lowest BCUT2D eigenvalue weighted by molar-refractivity contribution is 0.299. The molecule has 0 aliphatic carbocycles. The molecule has 0 unspecified atom stereocenters. The van der Waals surface area contributed by atoms with Crippen LogP contribution in [0.3, 0.4) is 0 Å². The molecule has 106 valence electrons. The van der Waals surface area contributed by atoms with E-state index in [4.69, 9.17) is 16.3 Å². The number of nitrogens with one attached hydrogen (secondary N) is 1. The molecule has 0 fully saturated rings.